The van der Waals surface area contributed by atoms with E-state index in [1.807, 2.05) is 16.8 Å². The summed E-state index contributed by atoms with van der Waals surface area (Å²) in [7, 11) is 0. The first kappa shape index (κ1) is 15.6. The van der Waals surface area contributed by atoms with Crippen molar-refractivity contribution in [2.75, 3.05) is 0 Å². The Bertz CT molecular complexity index is 599. The van der Waals surface area contributed by atoms with Gasteiger partial charge in [-0.05, 0) is 43.7 Å². The van der Waals surface area contributed by atoms with Crippen molar-refractivity contribution in [2.24, 2.45) is 5.92 Å². The van der Waals surface area contributed by atoms with Crippen LogP contribution in [0.1, 0.15) is 50.6 Å². The molecule has 0 aliphatic rings. The van der Waals surface area contributed by atoms with E-state index < -0.39 is 0 Å². The third kappa shape index (κ3) is 3.46. The molecule has 2 rings (SSSR count). The molecule has 21 heavy (non-hydrogen) atoms. The minimum Gasteiger partial charge on any atom is -0.504 e. The zero-order chi connectivity index (χ0) is 15.4. The van der Waals surface area contributed by atoms with E-state index in [-0.39, 0.29) is 0 Å². The van der Waals surface area contributed by atoms with E-state index in [0.717, 1.165) is 42.8 Å². The van der Waals surface area contributed by atoms with E-state index in [4.69, 9.17) is 5.10 Å². The van der Waals surface area contributed by atoms with Crippen LogP contribution in [-0.2, 0) is 12.8 Å². The summed E-state index contributed by atoms with van der Waals surface area (Å²) in [5.41, 5.74) is 4.00. The summed E-state index contributed by atoms with van der Waals surface area (Å²) in [6.07, 6.45) is 3.84. The third-order valence-electron chi connectivity index (χ3n) is 3.74. The topological polar surface area (TPSA) is 38.1 Å². The summed E-state index contributed by atoms with van der Waals surface area (Å²) in [6.45, 7) is 8.55. The van der Waals surface area contributed by atoms with Gasteiger partial charge in [-0.1, -0.05) is 45.4 Å². The lowest BCUT2D eigenvalue weighted by atomic mass is 10.1. The number of unbranched alkanes of at least 4 members (excludes halogenated alkanes) is 1. The van der Waals surface area contributed by atoms with Crippen LogP contribution in [0.25, 0.3) is 5.69 Å². The van der Waals surface area contributed by atoms with Crippen molar-refractivity contribution in [1.29, 1.82) is 0 Å². The van der Waals surface area contributed by atoms with Crippen LogP contribution in [-0.4, -0.2) is 14.9 Å². The molecule has 1 aromatic heterocycles. The van der Waals surface area contributed by atoms with Crippen molar-refractivity contribution in [3.63, 3.8) is 0 Å². The maximum absolute atomic E-state index is 10.6. The lowest BCUT2D eigenvalue weighted by Crippen LogP contribution is -2.05. The predicted octanol–water partition coefficient (Wildman–Crippen LogP) is 4.43. The van der Waals surface area contributed by atoms with E-state index in [1.54, 1.807) is 0 Å². The van der Waals surface area contributed by atoms with Crippen LogP contribution in [0.3, 0.4) is 0 Å². The van der Waals surface area contributed by atoms with Gasteiger partial charge in [-0.15, -0.1) is 0 Å². The normalized spacial score (nSPS) is 11.3. The Morgan fingerprint density at radius 3 is 2.57 bits per heavy atom. The molecule has 0 fully saturated rings. The summed E-state index contributed by atoms with van der Waals surface area (Å²) in [4.78, 5) is 0. The van der Waals surface area contributed by atoms with Gasteiger partial charge in [-0.2, -0.15) is 5.10 Å². The second kappa shape index (κ2) is 6.79. The Balaban J connectivity index is 2.50. The number of nitrogens with zero attached hydrogens (tertiary/aromatic N) is 2. The fourth-order valence-corrected chi connectivity index (χ4v) is 2.59. The highest BCUT2D eigenvalue weighted by atomic mass is 16.3. The molecule has 0 saturated heterocycles. The van der Waals surface area contributed by atoms with Gasteiger partial charge in [-0.3, -0.25) is 0 Å². The molecule has 0 aliphatic heterocycles. The Morgan fingerprint density at radius 1 is 1.24 bits per heavy atom. The Kier molecular flexibility index (Phi) is 5.05. The summed E-state index contributed by atoms with van der Waals surface area (Å²) in [5.74, 6) is 0.871. The largest absolute Gasteiger partial charge is 0.504 e. The van der Waals surface area contributed by atoms with E-state index in [1.165, 1.54) is 5.56 Å². The maximum atomic E-state index is 10.6. The quantitative estimate of drug-likeness (QED) is 0.853. The first-order chi connectivity index (χ1) is 10.0. The summed E-state index contributed by atoms with van der Waals surface area (Å²) in [6, 6.07) is 8.20. The number of para-hydroxylation sites is 1. The van der Waals surface area contributed by atoms with E-state index in [9.17, 15) is 5.11 Å². The number of aryl methyl sites for hydroxylation is 1. The second-order valence-corrected chi connectivity index (χ2v) is 6.14. The summed E-state index contributed by atoms with van der Waals surface area (Å²) < 4.78 is 1.94. The Morgan fingerprint density at radius 2 is 1.95 bits per heavy atom. The number of rotatable bonds is 6. The van der Waals surface area contributed by atoms with Gasteiger partial charge in [0, 0.05) is 0 Å². The first-order valence-electron chi connectivity index (χ1n) is 7.90. The molecule has 0 spiro atoms. The fraction of sp³-hybridized carbons (Fsp3) is 0.500. The van der Waals surface area contributed by atoms with Crippen LogP contribution in [0.15, 0.2) is 24.3 Å². The number of hydrogen-bond donors (Lipinski definition) is 1. The number of aromatic hydroxyl groups is 1. The van der Waals surface area contributed by atoms with E-state index in [0.29, 0.717) is 11.7 Å². The van der Waals surface area contributed by atoms with Gasteiger partial charge in [0.1, 0.15) is 5.69 Å². The van der Waals surface area contributed by atoms with Gasteiger partial charge in [0.25, 0.3) is 0 Å². The third-order valence-corrected chi connectivity index (χ3v) is 3.74. The summed E-state index contributed by atoms with van der Waals surface area (Å²) >= 11 is 0. The molecule has 1 aromatic carbocycles. The van der Waals surface area contributed by atoms with Crippen molar-refractivity contribution < 1.29 is 5.11 Å². The molecule has 0 atom stereocenters. The number of aromatic nitrogens is 2. The second-order valence-electron chi connectivity index (χ2n) is 6.14. The Hall–Kier alpha value is -1.77. The van der Waals surface area contributed by atoms with Crippen molar-refractivity contribution in [3.8, 4) is 11.4 Å². The zero-order valence-corrected chi connectivity index (χ0v) is 13.6. The van der Waals surface area contributed by atoms with Crippen LogP contribution in [0.5, 0.6) is 5.75 Å². The maximum Gasteiger partial charge on any atom is 0.160 e. The van der Waals surface area contributed by atoms with Crippen LogP contribution >= 0.6 is 0 Å². The van der Waals surface area contributed by atoms with Crippen LogP contribution in [0.4, 0.5) is 0 Å². The molecule has 0 unspecified atom stereocenters. The molecule has 0 saturated carbocycles. The molecule has 0 aliphatic carbocycles. The fourth-order valence-electron chi connectivity index (χ4n) is 2.59. The molecule has 2 aromatic rings. The summed E-state index contributed by atoms with van der Waals surface area (Å²) in [5, 5.41) is 15.3. The van der Waals surface area contributed by atoms with Gasteiger partial charge >= 0.3 is 0 Å². The smallest absolute Gasteiger partial charge is 0.160 e. The molecule has 3 nitrogen and oxygen atoms in total. The van der Waals surface area contributed by atoms with Crippen molar-refractivity contribution >= 4 is 0 Å². The van der Waals surface area contributed by atoms with Crippen LogP contribution in [0, 0.1) is 12.8 Å². The van der Waals surface area contributed by atoms with Gasteiger partial charge in [0.15, 0.2) is 5.75 Å². The van der Waals surface area contributed by atoms with Gasteiger partial charge in [0.05, 0.1) is 11.4 Å². The molecule has 1 heterocycles. The molecule has 0 bridgehead atoms. The lowest BCUT2D eigenvalue weighted by molar-refractivity contribution is 0.454. The van der Waals surface area contributed by atoms with Gasteiger partial charge in [-0.25, -0.2) is 4.68 Å². The van der Waals surface area contributed by atoms with Crippen molar-refractivity contribution in [1.82, 2.24) is 9.78 Å². The predicted molar refractivity (Wildman–Crippen MR) is 87.1 cm³/mol. The molecular weight excluding hydrogens is 260 g/mol. The lowest BCUT2D eigenvalue weighted by Gasteiger charge is -2.09. The Labute approximate surface area is 127 Å². The molecule has 0 amide bonds. The standard InChI is InChI=1S/C18H26N2O/c1-5-6-10-17-18(21)15(12-13(2)3)19-20(17)16-11-8-7-9-14(16)4/h7-9,11,13,21H,5-6,10,12H2,1-4H3. The molecule has 114 valence electrons. The minimum absolute atomic E-state index is 0.389. The van der Waals surface area contributed by atoms with Gasteiger partial charge < -0.3 is 5.11 Å². The monoisotopic (exact) mass is 286 g/mol. The van der Waals surface area contributed by atoms with E-state index in [2.05, 4.69) is 39.8 Å². The average molecular weight is 286 g/mol. The highest BCUT2D eigenvalue weighted by Gasteiger charge is 2.19. The number of hydrogen-bond acceptors (Lipinski definition) is 2. The van der Waals surface area contributed by atoms with Crippen molar-refractivity contribution in [3.05, 3.63) is 41.2 Å². The molecule has 1 N–H and O–H groups in total. The average Bonchev–Trinajstić information content (AvgIpc) is 2.73. The molecular formula is C18H26N2O. The zero-order valence-electron chi connectivity index (χ0n) is 13.6. The highest BCUT2D eigenvalue weighted by Crippen LogP contribution is 2.29. The van der Waals surface area contributed by atoms with Crippen LogP contribution < -0.4 is 0 Å². The van der Waals surface area contributed by atoms with E-state index >= 15 is 0 Å². The highest BCUT2D eigenvalue weighted by molar-refractivity contribution is 5.45. The molecule has 3 heteroatoms. The van der Waals surface area contributed by atoms with Crippen LogP contribution in [0.2, 0.25) is 0 Å². The van der Waals surface area contributed by atoms with Gasteiger partial charge in [0.2, 0.25) is 0 Å². The minimum atomic E-state index is 0.389. The SMILES string of the molecule is CCCCc1c(O)c(CC(C)C)nn1-c1ccccc1C. The molecule has 0 radical (unpaired) electrons. The first-order valence-corrected chi connectivity index (χ1v) is 7.90. The number of benzene rings is 1. The van der Waals surface area contributed by atoms with Crippen molar-refractivity contribution in [2.45, 2.75) is 53.4 Å².